The molecule has 1 N–H and O–H groups in total. The lowest BCUT2D eigenvalue weighted by molar-refractivity contribution is -0.127. The largest absolute Gasteiger partial charge is 0.351 e. The number of hydrogen-bond acceptors (Lipinski definition) is 4. The molecule has 3 heterocycles. The third-order valence-corrected chi connectivity index (χ3v) is 8.10. The molecule has 1 aromatic carbocycles. The predicted octanol–water partition coefficient (Wildman–Crippen LogP) is 5.49. The van der Waals surface area contributed by atoms with Crippen LogP contribution in [-0.2, 0) is 11.3 Å². The van der Waals surface area contributed by atoms with E-state index in [1.165, 1.54) is 12.8 Å². The zero-order valence-electron chi connectivity index (χ0n) is 20.1. The molecule has 0 bridgehead atoms. The molecule has 5 rings (SSSR count). The minimum Gasteiger partial charge on any atom is -0.351 e. The van der Waals surface area contributed by atoms with Gasteiger partial charge in [-0.1, -0.05) is 43.9 Å². The van der Waals surface area contributed by atoms with Crippen LogP contribution >= 0.6 is 11.3 Å². The van der Waals surface area contributed by atoms with Crippen LogP contribution in [0, 0.1) is 13.8 Å². The lowest BCUT2D eigenvalue weighted by atomic mass is 9.92. The number of carbonyl (C=O) groups excluding carboxylic acids is 2. The Morgan fingerprint density at radius 1 is 1.12 bits per heavy atom. The van der Waals surface area contributed by atoms with E-state index >= 15 is 0 Å². The van der Waals surface area contributed by atoms with Crippen molar-refractivity contribution in [2.24, 2.45) is 0 Å². The summed E-state index contributed by atoms with van der Waals surface area (Å²) in [6, 6.07) is 12.1. The van der Waals surface area contributed by atoms with E-state index in [0.717, 1.165) is 53.1 Å². The Morgan fingerprint density at radius 3 is 2.59 bits per heavy atom. The number of nitrogens with zero attached hydrogens (tertiary/aromatic N) is 3. The summed E-state index contributed by atoms with van der Waals surface area (Å²) in [5.74, 6) is -0.291. The zero-order chi connectivity index (χ0) is 23.9. The van der Waals surface area contributed by atoms with Gasteiger partial charge in [0.15, 0.2) is 0 Å². The summed E-state index contributed by atoms with van der Waals surface area (Å²) < 4.78 is 1.73. The molecule has 1 aliphatic carbocycles. The summed E-state index contributed by atoms with van der Waals surface area (Å²) in [7, 11) is 0. The molecule has 178 valence electrons. The Labute approximate surface area is 205 Å². The highest BCUT2D eigenvalue weighted by Crippen LogP contribution is 2.37. The number of aromatic nitrogens is 2. The van der Waals surface area contributed by atoms with E-state index in [9.17, 15) is 9.59 Å². The fraction of sp³-hybridized carbons (Fsp3) is 0.444. The van der Waals surface area contributed by atoms with Crippen LogP contribution in [0.2, 0.25) is 0 Å². The molecule has 0 saturated heterocycles. The number of hydrogen-bond donors (Lipinski definition) is 1. The molecule has 6 nitrogen and oxygen atoms in total. The first kappa shape index (κ1) is 22.8. The number of carbonyl (C=O) groups is 2. The Morgan fingerprint density at radius 2 is 1.88 bits per heavy atom. The van der Waals surface area contributed by atoms with Crippen molar-refractivity contribution in [3.05, 3.63) is 58.6 Å². The van der Waals surface area contributed by atoms with E-state index in [1.807, 2.05) is 62.5 Å². The summed E-state index contributed by atoms with van der Waals surface area (Å²) in [5.41, 5.74) is 3.01. The van der Waals surface area contributed by atoms with Crippen molar-refractivity contribution < 1.29 is 9.59 Å². The monoisotopic (exact) mass is 476 g/mol. The number of fused-ring (bicyclic) bond motifs is 1. The molecule has 34 heavy (non-hydrogen) atoms. The highest BCUT2D eigenvalue weighted by molar-refractivity contribution is 7.13. The van der Waals surface area contributed by atoms with Crippen molar-refractivity contribution in [3.63, 3.8) is 0 Å². The molecule has 1 atom stereocenters. The highest BCUT2D eigenvalue weighted by Gasteiger charge is 2.49. The SMILES string of the molecule is Cc1ccc(C)c(N2C(=O)c3cc(-c4cccs4)nn3C[C@@]2(C)C(=O)NC2CCCCCC2)c1. The van der Waals surface area contributed by atoms with Gasteiger partial charge in [0.25, 0.3) is 5.91 Å². The van der Waals surface area contributed by atoms with E-state index in [4.69, 9.17) is 5.10 Å². The molecule has 2 aromatic heterocycles. The van der Waals surface area contributed by atoms with Crippen molar-refractivity contribution in [1.29, 1.82) is 0 Å². The van der Waals surface area contributed by atoms with Gasteiger partial charge in [-0.2, -0.15) is 5.10 Å². The van der Waals surface area contributed by atoms with Crippen LogP contribution in [0.25, 0.3) is 10.6 Å². The van der Waals surface area contributed by atoms with Crippen molar-refractivity contribution in [2.45, 2.75) is 77.4 Å². The van der Waals surface area contributed by atoms with Crippen molar-refractivity contribution >= 4 is 28.8 Å². The fourth-order valence-corrected chi connectivity index (χ4v) is 5.91. The third kappa shape index (κ3) is 4.06. The Hall–Kier alpha value is -2.93. The second-order valence-electron chi connectivity index (χ2n) is 9.92. The quantitative estimate of drug-likeness (QED) is 0.507. The third-order valence-electron chi connectivity index (χ3n) is 7.21. The molecule has 2 amide bonds. The van der Waals surface area contributed by atoms with Gasteiger partial charge in [-0.05, 0) is 68.3 Å². The zero-order valence-corrected chi connectivity index (χ0v) is 21.0. The molecule has 7 heteroatoms. The summed E-state index contributed by atoms with van der Waals surface area (Å²) in [5, 5.41) is 10.1. The lowest BCUT2D eigenvalue weighted by Gasteiger charge is -2.44. The number of anilines is 1. The van der Waals surface area contributed by atoms with Gasteiger partial charge in [-0.15, -0.1) is 11.3 Å². The molecule has 1 aliphatic heterocycles. The molecule has 0 unspecified atom stereocenters. The molecule has 1 fully saturated rings. The van der Waals surface area contributed by atoms with E-state index in [-0.39, 0.29) is 17.9 Å². The summed E-state index contributed by atoms with van der Waals surface area (Å²) in [4.78, 5) is 30.7. The molecule has 3 aromatic rings. The Balaban J connectivity index is 1.58. The average Bonchev–Trinajstić information content (AvgIpc) is 3.41. The van der Waals surface area contributed by atoms with Gasteiger partial charge in [-0.3, -0.25) is 19.2 Å². The number of thiophene rings is 1. The smallest absolute Gasteiger partial charge is 0.277 e. The minimum absolute atomic E-state index is 0.104. The first-order chi connectivity index (χ1) is 16.4. The van der Waals surface area contributed by atoms with E-state index in [2.05, 4.69) is 5.32 Å². The van der Waals surface area contributed by atoms with E-state index in [1.54, 1.807) is 20.9 Å². The predicted molar refractivity (Wildman–Crippen MR) is 136 cm³/mol. The van der Waals surface area contributed by atoms with Crippen LogP contribution in [0.1, 0.15) is 67.1 Å². The average molecular weight is 477 g/mol. The first-order valence-corrected chi connectivity index (χ1v) is 13.1. The van der Waals surface area contributed by atoms with Gasteiger partial charge in [0.2, 0.25) is 5.91 Å². The minimum atomic E-state index is -1.09. The summed E-state index contributed by atoms with van der Waals surface area (Å²) in [6.07, 6.45) is 6.70. The normalized spacial score (nSPS) is 21.3. The van der Waals surface area contributed by atoms with Crippen LogP contribution in [-0.4, -0.2) is 33.2 Å². The van der Waals surface area contributed by atoms with Gasteiger partial charge in [0, 0.05) is 11.7 Å². The molecular weight excluding hydrogens is 444 g/mol. The van der Waals surface area contributed by atoms with E-state index in [0.29, 0.717) is 12.2 Å². The van der Waals surface area contributed by atoms with Crippen LogP contribution < -0.4 is 10.2 Å². The first-order valence-electron chi connectivity index (χ1n) is 12.2. The van der Waals surface area contributed by atoms with Gasteiger partial charge < -0.3 is 5.32 Å². The number of nitrogens with one attached hydrogen (secondary N) is 1. The molecule has 2 aliphatic rings. The second kappa shape index (κ2) is 9.02. The van der Waals surface area contributed by atoms with Crippen molar-refractivity contribution in [2.75, 3.05) is 4.90 Å². The number of benzene rings is 1. The number of rotatable bonds is 4. The molecule has 1 saturated carbocycles. The highest BCUT2D eigenvalue weighted by atomic mass is 32.1. The molecule has 0 radical (unpaired) electrons. The Kier molecular flexibility index (Phi) is 6.06. The number of amides is 2. The molecular formula is C27H32N4O2S. The maximum atomic E-state index is 14.0. The van der Waals surface area contributed by atoms with E-state index < -0.39 is 5.54 Å². The van der Waals surface area contributed by atoms with Gasteiger partial charge >= 0.3 is 0 Å². The van der Waals surface area contributed by atoms with Gasteiger partial charge in [-0.25, -0.2) is 0 Å². The summed E-state index contributed by atoms with van der Waals surface area (Å²) >= 11 is 1.59. The summed E-state index contributed by atoms with van der Waals surface area (Å²) in [6.45, 7) is 6.20. The van der Waals surface area contributed by atoms with Gasteiger partial charge in [0.05, 0.1) is 11.4 Å². The van der Waals surface area contributed by atoms with Crippen LogP contribution in [0.4, 0.5) is 5.69 Å². The topological polar surface area (TPSA) is 67.2 Å². The van der Waals surface area contributed by atoms with Crippen LogP contribution in [0.5, 0.6) is 0 Å². The molecule has 0 spiro atoms. The van der Waals surface area contributed by atoms with Crippen molar-refractivity contribution in [1.82, 2.24) is 15.1 Å². The Bertz CT molecular complexity index is 1210. The van der Waals surface area contributed by atoms with Gasteiger partial charge in [0.1, 0.15) is 16.9 Å². The number of aryl methyl sites for hydroxylation is 2. The van der Waals surface area contributed by atoms with Crippen LogP contribution in [0.3, 0.4) is 0 Å². The maximum Gasteiger partial charge on any atom is 0.277 e. The second-order valence-corrected chi connectivity index (χ2v) is 10.9. The van der Waals surface area contributed by atoms with Crippen LogP contribution in [0.15, 0.2) is 41.8 Å². The standard InChI is InChI=1S/C27H32N4O2S/c1-18-12-13-19(2)22(15-18)31-25(32)23-16-21(24-11-8-14-34-24)29-30(23)17-27(31,3)26(33)28-20-9-6-4-5-7-10-20/h8,11-16,20H,4-7,9-10,17H2,1-3H3,(H,28,33)/t27-/m0/s1. The van der Waals surface area contributed by atoms with Crippen molar-refractivity contribution in [3.8, 4) is 10.6 Å². The fourth-order valence-electron chi connectivity index (χ4n) is 5.23. The lowest BCUT2D eigenvalue weighted by Crippen LogP contribution is -2.65. The maximum absolute atomic E-state index is 14.0.